The van der Waals surface area contributed by atoms with Gasteiger partial charge in [0.15, 0.2) is 12.4 Å². The Balaban J connectivity index is 4.35. The Kier molecular flexibility index (Phi) is 38.2. The lowest BCUT2D eigenvalue weighted by atomic mass is 10.1. The largest absolute Gasteiger partial charge is 0.545 e. The van der Waals surface area contributed by atoms with E-state index in [0.717, 1.165) is 96.3 Å². The summed E-state index contributed by atoms with van der Waals surface area (Å²) in [5.41, 5.74) is 0. The SMILES string of the molecule is CC/C=C\C/C=C\C/C=C\C/C=C\C/C=C\C/C=C\CCCCCCCCC(=O)OC(COC(=O)CCCCCCCCCC)COC(OCC[N+](C)(C)C)C(=O)[O-]. The number of hydrogen-bond acceptors (Lipinski definition) is 8. The summed E-state index contributed by atoms with van der Waals surface area (Å²) in [6, 6.07) is 0. The van der Waals surface area contributed by atoms with Gasteiger partial charge in [0.2, 0.25) is 0 Å². The van der Waals surface area contributed by atoms with Gasteiger partial charge in [-0.1, -0.05) is 157 Å². The maximum Gasteiger partial charge on any atom is 0.306 e. The molecular formula is C49H83NO8. The van der Waals surface area contributed by atoms with Crippen LogP contribution in [-0.4, -0.2) is 82.3 Å². The number of carboxylic acid groups (broad SMARTS) is 1. The average Bonchev–Trinajstić information content (AvgIpc) is 3.18. The Labute approximate surface area is 354 Å². The summed E-state index contributed by atoms with van der Waals surface area (Å²) in [4.78, 5) is 36.8. The van der Waals surface area contributed by atoms with Crippen LogP contribution >= 0.6 is 0 Å². The molecule has 0 saturated carbocycles. The Morgan fingerprint density at radius 2 is 0.983 bits per heavy atom. The van der Waals surface area contributed by atoms with E-state index in [1.165, 1.54) is 32.1 Å². The number of carboxylic acids is 1. The van der Waals surface area contributed by atoms with E-state index in [1.54, 1.807) is 0 Å². The lowest BCUT2D eigenvalue weighted by molar-refractivity contribution is -0.870. The summed E-state index contributed by atoms with van der Waals surface area (Å²) in [7, 11) is 5.89. The number of carbonyl (C=O) groups excluding carboxylic acids is 3. The van der Waals surface area contributed by atoms with Crippen LogP contribution in [0.5, 0.6) is 0 Å². The van der Waals surface area contributed by atoms with Gasteiger partial charge in [0.1, 0.15) is 13.2 Å². The smallest absolute Gasteiger partial charge is 0.306 e. The third-order valence-corrected chi connectivity index (χ3v) is 9.22. The molecule has 0 N–H and O–H groups in total. The Bertz CT molecular complexity index is 1180. The summed E-state index contributed by atoms with van der Waals surface area (Å²) < 4.78 is 22.5. The molecule has 58 heavy (non-hydrogen) atoms. The zero-order valence-electron chi connectivity index (χ0n) is 37.4. The van der Waals surface area contributed by atoms with Gasteiger partial charge >= 0.3 is 11.9 Å². The van der Waals surface area contributed by atoms with Gasteiger partial charge < -0.3 is 33.3 Å². The number of hydrogen-bond donors (Lipinski definition) is 0. The van der Waals surface area contributed by atoms with Crippen molar-refractivity contribution in [3.8, 4) is 0 Å². The summed E-state index contributed by atoms with van der Waals surface area (Å²) in [5, 5.41) is 11.7. The molecule has 0 amide bonds. The Morgan fingerprint density at radius 3 is 1.47 bits per heavy atom. The van der Waals surface area contributed by atoms with E-state index < -0.39 is 24.3 Å². The maximum atomic E-state index is 12.7. The minimum Gasteiger partial charge on any atom is -0.545 e. The molecule has 0 aromatic rings. The Hall–Kier alpha value is -3.27. The Morgan fingerprint density at radius 1 is 0.534 bits per heavy atom. The van der Waals surface area contributed by atoms with E-state index in [1.807, 2.05) is 21.1 Å². The molecule has 2 unspecified atom stereocenters. The van der Waals surface area contributed by atoms with Gasteiger partial charge in [0.05, 0.1) is 40.3 Å². The van der Waals surface area contributed by atoms with Crippen molar-refractivity contribution in [3.63, 3.8) is 0 Å². The highest BCUT2D eigenvalue weighted by Gasteiger charge is 2.21. The van der Waals surface area contributed by atoms with Crippen molar-refractivity contribution in [2.24, 2.45) is 0 Å². The van der Waals surface area contributed by atoms with Crippen molar-refractivity contribution >= 4 is 17.9 Å². The van der Waals surface area contributed by atoms with E-state index in [4.69, 9.17) is 18.9 Å². The monoisotopic (exact) mass is 814 g/mol. The highest BCUT2D eigenvalue weighted by Crippen LogP contribution is 2.13. The number of rotatable bonds is 40. The second-order valence-corrected chi connectivity index (χ2v) is 16.0. The molecule has 0 saturated heterocycles. The van der Waals surface area contributed by atoms with Crippen LogP contribution in [0.2, 0.25) is 0 Å². The zero-order valence-corrected chi connectivity index (χ0v) is 37.4. The normalized spacial score (nSPS) is 13.6. The first-order chi connectivity index (χ1) is 28.1. The number of ether oxygens (including phenoxy) is 4. The maximum absolute atomic E-state index is 12.7. The van der Waals surface area contributed by atoms with Crippen molar-refractivity contribution in [1.82, 2.24) is 0 Å². The lowest BCUT2D eigenvalue weighted by Gasteiger charge is -2.26. The highest BCUT2D eigenvalue weighted by atomic mass is 16.7. The van der Waals surface area contributed by atoms with E-state index in [-0.39, 0.29) is 38.6 Å². The van der Waals surface area contributed by atoms with Crippen LogP contribution < -0.4 is 5.11 Å². The topological polar surface area (TPSA) is 111 Å². The number of quaternary nitrogens is 1. The van der Waals surface area contributed by atoms with E-state index >= 15 is 0 Å². The summed E-state index contributed by atoms with van der Waals surface area (Å²) in [5.74, 6) is -2.32. The molecule has 0 aliphatic carbocycles. The predicted octanol–water partition coefficient (Wildman–Crippen LogP) is 10.6. The summed E-state index contributed by atoms with van der Waals surface area (Å²) in [6.45, 7) is 4.55. The van der Waals surface area contributed by atoms with E-state index in [0.29, 0.717) is 17.4 Å². The number of allylic oxidation sites excluding steroid dienone is 12. The number of aliphatic carboxylic acids is 1. The first kappa shape index (κ1) is 54.7. The molecule has 0 radical (unpaired) electrons. The molecule has 2 atom stereocenters. The van der Waals surface area contributed by atoms with Crippen molar-refractivity contribution in [2.45, 2.75) is 174 Å². The number of esters is 2. The van der Waals surface area contributed by atoms with Gasteiger partial charge in [-0.2, -0.15) is 0 Å². The van der Waals surface area contributed by atoms with Crippen LogP contribution in [0.3, 0.4) is 0 Å². The van der Waals surface area contributed by atoms with Gasteiger partial charge in [-0.3, -0.25) is 9.59 Å². The quantitative estimate of drug-likeness (QED) is 0.0198. The van der Waals surface area contributed by atoms with Gasteiger partial charge in [-0.15, -0.1) is 0 Å². The van der Waals surface area contributed by atoms with Gasteiger partial charge in [0, 0.05) is 12.8 Å². The average molecular weight is 814 g/mol. The lowest BCUT2D eigenvalue weighted by Crippen LogP contribution is -2.44. The molecule has 0 spiro atoms. The summed E-state index contributed by atoms with van der Waals surface area (Å²) >= 11 is 0. The predicted molar refractivity (Wildman–Crippen MR) is 237 cm³/mol. The third kappa shape index (κ3) is 40.9. The van der Waals surface area contributed by atoms with Gasteiger partial charge in [0.25, 0.3) is 0 Å². The highest BCUT2D eigenvalue weighted by molar-refractivity contribution is 5.70. The number of likely N-dealkylation sites (N-methyl/N-ethyl adjacent to an activating group) is 1. The molecule has 0 bridgehead atoms. The zero-order chi connectivity index (χ0) is 42.8. The van der Waals surface area contributed by atoms with E-state index in [2.05, 4.69) is 86.8 Å². The first-order valence-corrected chi connectivity index (χ1v) is 22.6. The minimum atomic E-state index is -1.62. The fourth-order valence-electron chi connectivity index (χ4n) is 5.71. The van der Waals surface area contributed by atoms with Gasteiger partial charge in [-0.05, 0) is 64.2 Å². The van der Waals surface area contributed by atoms with Crippen LogP contribution in [0.15, 0.2) is 72.9 Å². The molecule has 0 heterocycles. The standard InChI is InChI=1S/C49H83NO8/c1-6-8-10-12-14-16-17-18-19-20-21-22-23-24-25-26-27-28-29-30-31-32-34-36-38-40-47(52)58-45(44-57-49(48(53)54)55-42-41-50(3,4)5)43-56-46(51)39-37-35-33-15-13-11-9-7-2/h8,10,14,16,18-19,21-22,24-25,27-28,45,49H,6-7,9,11-13,15,17,20,23,26,29-44H2,1-5H3/b10-8-,16-14-,19-18-,22-21-,25-24-,28-27-. The van der Waals surface area contributed by atoms with Crippen molar-refractivity contribution in [3.05, 3.63) is 72.9 Å². The van der Waals surface area contributed by atoms with Crippen molar-refractivity contribution in [2.75, 3.05) is 47.5 Å². The fraction of sp³-hybridized carbons (Fsp3) is 0.694. The third-order valence-electron chi connectivity index (χ3n) is 9.22. The summed E-state index contributed by atoms with van der Waals surface area (Å²) in [6.07, 6.45) is 46.6. The molecule has 0 aliphatic heterocycles. The molecule has 9 heteroatoms. The number of carbonyl (C=O) groups is 3. The van der Waals surface area contributed by atoms with Crippen LogP contribution in [0.25, 0.3) is 0 Å². The molecular weight excluding hydrogens is 731 g/mol. The molecule has 332 valence electrons. The molecule has 0 rings (SSSR count). The van der Waals surface area contributed by atoms with Gasteiger partial charge in [-0.25, -0.2) is 0 Å². The van der Waals surface area contributed by atoms with Crippen LogP contribution in [-0.2, 0) is 33.3 Å². The van der Waals surface area contributed by atoms with Crippen LogP contribution in [0.4, 0.5) is 0 Å². The second-order valence-electron chi connectivity index (χ2n) is 16.0. The van der Waals surface area contributed by atoms with Crippen molar-refractivity contribution in [1.29, 1.82) is 0 Å². The molecule has 0 aromatic carbocycles. The molecule has 0 aromatic heterocycles. The van der Waals surface area contributed by atoms with E-state index in [9.17, 15) is 19.5 Å². The van der Waals surface area contributed by atoms with Crippen molar-refractivity contribution < 1.29 is 42.9 Å². The minimum absolute atomic E-state index is 0.142. The molecule has 0 aliphatic rings. The number of nitrogens with zero attached hydrogens (tertiary/aromatic N) is 1. The second kappa shape index (κ2) is 40.5. The van der Waals surface area contributed by atoms with Crippen LogP contribution in [0, 0.1) is 0 Å². The fourth-order valence-corrected chi connectivity index (χ4v) is 5.71. The number of unbranched alkanes of at least 4 members (excludes halogenated alkanes) is 13. The molecule has 9 nitrogen and oxygen atoms in total. The van der Waals surface area contributed by atoms with Crippen LogP contribution in [0.1, 0.15) is 162 Å². The molecule has 0 fully saturated rings. The first-order valence-electron chi connectivity index (χ1n) is 22.6.